The lowest BCUT2D eigenvalue weighted by Crippen LogP contribution is -2.47. The van der Waals surface area contributed by atoms with Crippen LogP contribution in [0.15, 0.2) is 89.6 Å². The number of nitrogens with one attached hydrogen (secondary N) is 3. The smallest absolute Gasteiger partial charge is 0.416 e. The summed E-state index contributed by atoms with van der Waals surface area (Å²) >= 11 is 6.54. The van der Waals surface area contributed by atoms with Gasteiger partial charge < -0.3 is 19.9 Å². The highest BCUT2D eigenvalue weighted by Gasteiger charge is 2.34. The van der Waals surface area contributed by atoms with Crippen LogP contribution in [0.5, 0.6) is 11.5 Å². The zero-order chi connectivity index (χ0) is 50.2. The Labute approximate surface area is 409 Å². The Morgan fingerprint density at radius 3 is 2.41 bits per heavy atom. The molecule has 374 valence electrons. The number of nitro benzene ring substituents is 1. The van der Waals surface area contributed by atoms with Crippen molar-refractivity contribution in [3.8, 4) is 11.5 Å². The van der Waals surface area contributed by atoms with Gasteiger partial charge in [0, 0.05) is 86.8 Å². The van der Waals surface area contributed by atoms with Crippen LogP contribution >= 0.6 is 11.6 Å². The Morgan fingerprint density at radius 2 is 1.73 bits per heavy atom. The summed E-state index contributed by atoms with van der Waals surface area (Å²) in [5.74, 6) is -0.533. The zero-order valence-corrected chi connectivity index (χ0v) is 41.2. The summed E-state index contributed by atoms with van der Waals surface area (Å²) in [6, 6.07) is 15.2. The first-order chi connectivity index (χ1) is 33.0. The number of pyridine rings is 1. The van der Waals surface area contributed by atoms with E-state index in [9.17, 15) is 44.9 Å². The fourth-order valence-corrected chi connectivity index (χ4v) is 11.6. The van der Waals surface area contributed by atoms with Crippen molar-refractivity contribution in [2.75, 3.05) is 68.8 Å². The van der Waals surface area contributed by atoms with E-state index >= 15 is 0 Å². The number of piperidine rings is 1. The van der Waals surface area contributed by atoms with Gasteiger partial charge in [-0.15, -0.1) is 0 Å². The molecule has 3 aromatic carbocycles. The van der Waals surface area contributed by atoms with Gasteiger partial charge in [-0.05, 0) is 110 Å². The van der Waals surface area contributed by atoms with Crippen LogP contribution in [-0.2, 0) is 26.2 Å². The minimum Gasteiger partial charge on any atom is -0.455 e. The molecule has 2 aliphatic heterocycles. The first kappa shape index (κ1) is 50.6. The molecule has 2 saturated heterocycles. The number of alkyl halides is 3. The van der Waals surface area contributed by atoms with Gasteiger partial charge >= 0.3 is 6.18 Å². The van der Waals surface area contributed by atoms with E-state index in [2.05, 4.69) is 43.7 Å². The largest absolute Gasteiger partial charge is 0.455 e. The van der Waals surface area contributed by atoms with Crippen molar-refractivity contribution >= 4 is 71.2 Å². The third-order valence-corrected chi connectivity index (χ3v) is 16.3. The molecular weight excluding hydrogens is 973 g/mol. The topological polar surface area (TPSA) is 200 Å². The number of hydrogen-bond donors (Lipinski definition) is 3. The Balaban J connectivity index is 0.975. The molecule has 1 amide bonds. The predicted molar refractivity (Wildman–Crippen MR) is 262 cm³/mol. The number of piperazine rings is 1. The molecule has 0 bridgehead atoms. The number of aromatic nitrogens is 2. The van der Waals surface area contributed by atoms with E-state index in [0.29, 0.717) is 94.9 Å². The van der Waals surface area contributed by atoms with E-state index in [1.807, 2.05) is 0 Å². The standard InChI is InChI=1S/C48H54ClF3N8O8S2/c1-47(2)15-10-33(40(28-47)38-7-4-34(25-41(38)49)48(50,51)52)30-57-20-22-58(23-21-57)35-5-8-39(44(26-35)68-36-24-32-12-17-54-45(32)55-29-36)46(61)56-70(66,67)37-6-9-42(43(27-37)60(62)63)53-16-11-31-13-18-59(19-14-31)69(3,64)65/h4-9,12,17,24-27,29,31,53H,10-11,13-16,18-23,28,30H2,1-3H3,(H,54,55)(H,56,61). The Morgan fingerprint density at radius 1 is 0.986 bits per heavy atom. The Hall–Kier alpha value is -5.74. The summed E-state index contributed by atoms with van der Waals surface area (Å²) in [4.78, 5) is 36.7. The molecule has 2 aromatic heterocycles. The first-order valence-electron chi connectivity index (χ1n) is 22.9. The molecule has 0 saturated carbocycles. The summed E-state index contributed by atoms with van der Waals surface area (Å²) in [6.07, 6.45) is 4.13. The van der Waals surface area contributed by atoms with Crippen LogP contribution in [0, 0.1) is 21.4 Å². The van der Waals surface area contributed by atoms with Gasteiger partial charge in [0.2, 0.25) is 10.0 Å². The maximum Gasteiger partial charge on any atom is 0.416 e. The summed E-state index contributed by atoms with van der Waals surface area (Å²) in [5, 5.41) is 16.0. The van der Waals surface area contributed by atoms with Gasteiger partial charge in [-0.2, -0.15) is 13.2 Å². The number of amides is 1. The molecular formula is C48H54ClF3N8O8S2. The highest BCUT2D eigenvalue weighted by Crippen LogP contribution is 2.46. The third kappa shape index (κ3) is 11.9. The molecule has 5 aromatic rings. The van der Waals surface area contributed by atoms with Crippen molar-refractivity contribution in [3.05, 3.63) is 117 Å². The molecule has 3 aliphatic rings. The lowest BCUT2D eigenvalue weighted by Gasteiger charge is -2.39. The van der Waals surface area contributed by atoms with Gasteiger partial charge in [0.05, 0.1) is 33.4 Å². The Bertz CT molecular complexity index is 3060. The van der Waals surface area contributed by atoms with Crippen LogP contribution in [-0.4, -0.2) is 105 Å². The van der Waals surface area contributed by atoms with Crippen molar-refractivity contribution in [3.63, 3.8) is 0 Å². The fourth-order valence-electron chi connectivity index (χ4n) is 9.40. The molecule has 70 heavy (non-hydrogen) atoms. The second-order valence-corrected chi connectivity index (χ2v) is 23.0. The normalized spacial score (nSPS) is 17.7. The van der Waals surface area contributed by atoms with Crippen LogP contribution in [0.2, 0.25) is 5.02 Å². The lowest BCUT2D eigenvalue weighted by molar-refractivity contribution is -0.384. The lowest BCUT2D eigenvalue weighted by atomic mass is 9.72. The average molecular weight is 1030 g/mol. The molecule has 0 spiro atoms. The fraction of sp³-hybridized carbons (Fsp3) is 0.417. The van der Waals surface area contributed by atoms with Crippen LogP contribution in [0.25, 0.3) is 16.6 Å². The highest BCUT2D eigenvalue weighted by atomic mass is 35.5. The van der Waals surface area contributed by atoms with Crippen LogP contribution in [0.1, 0.15) is 73.9 Å². The number of sulfonamides is 2. The molecule has 0 atom stereocenters. The summed E-state index contributed by atoms with van der Waals surface area (Å²) in [7, 11) is -7.94. The second-order valence-electron chi connectivity index (χ2n) is 18.9. The van der Waals surface area contributed by atoms with Crippen molar-refractivity contribution in [2.24, 2.45) is 11.3 Å². The number of carbonyl (C=O) groups is 1. The molecule has 2 fully saturated rings. The average Bonchev–Trinajstić information content (AvgIpc) is 3.77. The minimum atomic E-state index is -4.66. The van der Waals surface area contributed by atoms with Gasteiger partial charge in [-0.1, -0.05) is 37.1 Å². The van der Waals surface area contributed by atoms with Crippen molar-refractivity contribution < 1.29 is 44.5 Å². The maximum atomic E-state index is 14.0. The molecule has 22 heteroatoms. The predicted octanol–water partition coefficient (Wildman–Crippen LogP) is 9.31. The van der Waals surface area contributed by atoms with Gasteiger partial charge in [-0.25, -0.2) is 30.8 Å². The van der Waals surface area contributed by atoms with Gasteiger partial charge in [-0.3, -0.25) is 19.8 Å². The summed E-state index contributed by atoms with van der Waals surface area (Å²) in [6.45, 7) is 8.45. The number of ether oxygens (including phenoxy) is 1. The molecule has 1 aliphatic carbocycles. The van der Waals surface area contributed by atoms with E-state index in [0.717, 1.165) is 47.6 Å². The molecule has 4 heterocycles. The number of nitro groups is 1. The van der Waals surface area contributed by atoms with E-state index in [-0.39, 0.29) is 39.1 Å². The quantitative estimate of drug-likeness (QED) is 0.0664. The maximum absolute atomic E-state index is 14.0. The monoisotopic (exact) mass is 1030 g/mol. The number of nitrogens with zero attached hydrogens (tertiary/aromatic N) is 5. The number of benzene rings is 3. The van der Waals surface area contributed by atoms with Crippen molar-refractivity contribution in [2.45, 2.75) is 63.4 Å². The van der Waals surface area contributed by atoms with Gasteiger partial charge in [0.25, 0.3) is 21.6 Å². The zero-order valence-electron chi connectivity index (χ0n) is 38.8. The number of halogens is 4. The van der Waals surface area contributed by atoms with Gasteiger partial charge in [0.1, 0.15) is 22.8 Å². The van der Waals surface area contributed by atoms with Crippen LogP contribution in [0.4, 0.5) is 30.2 Å². The first-order valence-corrected chi connectivity index (χ1v) is 26.6. The third-order valence-electron chi connectivity index (χ3n) is 13.4. The molecule has 16 nitrogen and oxygen atoms in total. The van der Waals surface area contributed by atoms with Crippen LogP contribution in [0.3, 0.4) is 0 Å². The number of aromatic amines is 1. The van der Waals surface area contributed by atoms with Crippen molar-refractivity contribution in [1.82, 2.24) is 23.9 Å². The van der Waals surface area contributed by atoms with E-state index in [4.69, 9.17) is 16.3 Å². The highest BCUT2D eigenvalue weighted by molar-refractivity contribution is 7.90. The summed E-state index contributed by atoms with van der Waals surface area (Å²) < 4.78 is 102. The number of fused-ring (bicyclic) bond motifs is 1. The molecule has 0 radical (unpaired) electrons. The van der Waals surface area contributed by atoms with Crippen LogP contribution < -0.4 is 19.7 Å². The number of hydrogen-bond acceptors (Lipinski definition) is 12. The molecule has 0 unspecified atom stereocenters. The Kier molecular flexibility index (Phi) is 14.6. The van der Waals surface area contributed by atoms with Crippen molar-refractivity contribution in [1.29, 1.82) is 0 Å². The number of anilines is 2. The minimum absolute atomic E-state index is 0.0323. The summed E-state index contributed by atoms with van der Waals surface area (Å²) in [5.41, 5.74) is 2.64. The van der Waals surface area contributed by atoms with E-state index < -0.39 is 53.2 Å². The number of H-pyrrole nitrogens is 1. The SMILES string of the molecule is CC1(C)CCC(CN2CCN(c3ccc(C(=O)NS(=O)(=O)c4ccc(NCCC5CCN(S(C)(=O)=O)CC5)c([N+](=O)[O-])c4)c(Oc4cnc5[nH]ccc5c4)c3)CC2)=C(c2ccc(C(F)(F)F)cc2Cl)C1. The number of carbonyl (C=O) groups excluding carboxylic acids is 1. The molecule has 3 N–H and O–H groups in total. The number of allylic oxidation sites excluding steroid dienone is 1. The number of rotatable bonds is 15. The van der Waals surface area contributed by atoms with Gasteiger partial charge in [0.15, 0.2) is 0 Å². The van der Waals surface area contributed by atoms with E-state index in [1.54, 1.807) is 30.5 Å². The molecule has 8 rings (SSSR count). The van der Waals surface area contributed by atoms with E-state index in [1.165, 1.54) is 41.0 Å². The second kappa shape index (κ2) is 20.2.